The maximum absolute atomic E-state index is 12.6. The van der Waals surface area contributed by atoms with E-state index in [1.54, 1.807) is 30.3 Å². The largest absolute Gasteiger partial charge is 0.325 e. The van der Waals surface area contributed by atoms with Crippen molar-refractivity contribution < 1.29 is 4.79 Å². The van der Waals surface area contributed by atoms with Crippen molar-refractivity contribution in [2.45, 2.75) is 30.8 Å². The van der Waals surface area contributed by atoms with E-state index >= 15 is 0 Å². The van der Waals surface area contributed by atoms with Gasteiger partial charge in [-0.1, -0.05) is 59.3 Å². The van der Waals surface area contributed by atoms with Gasteiger partial charge in [0.2, 0.25) is 5.91 Å². The predicted octanol–water partition coefficient (Wildman–Crippen LogP) is 5.21. The van der Waals surface area contributed by atoms with Crippen LogP contribution >= 0.6 is 23.4 Å². The number of halogens is 1. The van der Waals surface area contributed by atoms with Crippen LogP contribution in [0.5, 0.6) is 0 Å². The van der Waals surface area contributed by atoms with Crippen molar-refractivity contribution in [1.82, 2.24) is 14.8 Å². The van der Waals surface area contributed by atoms with Crippen molar-refractivity contribution in [2.75, 3.05) is 5.32 Å². The monoisotopic (exact) mass is 412 g/mol. The maximum Gasteiger partial charge on any atom is 0.237 e. The zero-order valence-electron chi connectivity index (χ0n) is 15.7. The normalized spacial score (nSPS) is 11.8. The Morgan fingerprint density at radius 2 is 2.07 bits per heavy atom. The number of benzene rings is 2. The lowest BCUT2D eigenvalue weighted by molar-refractivity contribution is -0.115. The van der Waals surface area contributed by atoms with Gasteiger partial charge in [0.15, 0.2) is 11.0 Å². The van der Waals surface area contributed by atoms with Crippen molar-refractivity contribution >= 4 is 35.0 Å². The number of carbonyl (C=O) groups is 1. The molecule has 0 saturated heterocycles. The topological polar surface area (TPSA) is 59.8 Å². The summed E-state index contributed by atoms with van der Waals surface area (Å²) in [4.78, 5) is 12.6. The molecule has 1 amide bonds. The van der Waals surface area contributed by atoms with Crippen LogP contribution in [-0.2, 0) is 11.3 Å². The molecule has 28 heavy (non-hydrogen) atoms. The third kappa shape index (κ3) is 4.82. The molecule has 1 heterocycles. The molecule has 0 saturated carbocycles. The highest BCUT2D eigenvalue weighted by atomic mass is 35.5. The van der Waals surface area contributed by atoms with Gasteiger partial charge < -0.3 is 5.32 Å². The highest BCUT2D eigenvalue weighted by Gasteiger charge is 2.20. The first-order valence-corrected chi connectivity index (χ1v) is 10.1. The molecule has 1 aromatic heterocycles. The summed E-state index contributed by atoms with van der Waals surface area (Å²) in [5.41, 5.74) is 2.80. The molecule has 2 aromatic carbocycles. The number of rotatable bonds is 7. The number of aryl methyl sites for hydroxylation is 1. The van der Waals surface area contributed by atoms with Gasteiger partial charge in [0.05, 0.1) is 5.25 Å². The van der Waals surface area contributed by atoms with E-state index in [-0.39, 0.29) is 11.2 Å². The van der Waals surface area contributed by atoms with Gasteiger partial charge in [-0.25, -0.2) is 0 Å². The van der Waals surface area contributed by atoms with Crippen molar-refractivity contribution in [3.63, 3.8) is 0 Å². The Morgan fingerprint density at radius 3 is 2.79 bits per heavy atom. The molecule has 0 fully saturated rings. The van der Waals surface area contributed by atoms with Crippen LogP contribution in [0.1, 0.15) is 12.5 Å². The number of aromatic nitrogens is 3. The summed E-state index contributed by atoms with van der Waals surface area (Å²) in [5.74, 6) is 0.631. The molecule has 144 valence electrons. The second-order valence-electron chi connectivity index (χ2n) is 6.33. The van der Waals surface area contributed by atoms with Gasteiger partial charge in [-0.2, -0.15) is 0 Å². The molecule has 0 aliphatic heterocycles. The fourth-order valence-electron chi connectivity index (χ4n) is 2.69. The minimum absolute atomic E-state index is 0.127. The summed E-state index contributed by atoms with van der Waals surface area (Å²) in [5, 5.41) is 12.4. The Morgan fingerprint density at radius 1 is 1.29 bits per heavy atom. The van der Waals surface area contributed by atoms with Crippen LogP contribution in [0.25, 0.3) is 11.4 Å². The number of hydrogen-bond donors (Lipinski definition) is 1. The molecule has 1 N–H and O–H groups in total. The Kier molecular flexibility index (Phi) is 6.54. The third-order valence-corrected chi connectivity index (χ3v) is 5.36. The average molecular weight is 413 g/mol. The average Bonchev–Trinajstić information content (AvgIpc) is 3.04. The Bertz CT molecular complexity index is 1000. The summed E-state index contributed by atoms with van der Waals surface area (Å²) >= 11 is 7.34. The molecule has 1 unspecified atom stereocenters. The molecule has 3 aromatic rings. The minimum atomic E-state index is -0.364. The van der Waals surface area contributed by atoms with Gasteiger partial charge in [-0.3, -0.25) is 9.36 Å². The number of allylic oxidation sites excluding steroid dienone is 1. The van der Waals surface area contributed by atoms with E-state index in [9.17, 15) is 4.79 Å². The number of thioether (sulfide) groups is 1. The molecule has 0 aliphatic carbocycles. The van der Waals surface area contributed by atoms with Gasteiger partial charge in [0.25, 0.3) is 0 Å². The van der Waals surface area contributed by atoms with Crippen LogP contribution in [0.2, 0.25) is 5.02 Å². The van der Waals surface area contributed by atoms with Crippen molar-refractivity contribution in [3.05, 3.63) is 71.8 Å². The number of amides is 1. The molecule has 5 nitrogen and oxygen atoms in total. The number of nitrogens with zero attached hydrogens (tertiary/aromatic N) is 3. The lowest BCUT2D eigenvalue weighted by Crippen LogP contribution is -2.23. The first kappa shape index (κ1) is 20.2. The molecule has 7 heteroatoms. The van der Waals surface area contributed by atoms with Gasteiger partial charge in [-0.05, 0) is 38.1 Å². The quantitative estimate of drug-likeness (QED) is 0.427. The first-order chi connectivity index (χ1) is 13.5. The second-order valence-corrected chi connectivity index (χ2v) is 8.08. The van der Waals surface area contributed by atoms with E-state index in [1.165, 1.54) is 11.8 Å². The van der Waals surface area contributed by atoms with Crippen molar-refractivity contribution in [1.29, 1.82) is 0 Å². The van der Waals surface area contributed by atoms with Crippen LogP contribution in [-0.4, -0.2) is 25.9 Å². The summed E-state index contributed by atoms with van der Waals surface area (Å²) in [6.45, 7) is 8.26. The van der Waals surface area contributed by atoms with Crippen molar-refractivity contribution in [2.24, 2.45) is 0 Å². The molecule has 0 bridgehead atoms. The third-order valence-electron chi connectivity index (χ3n) is 4.05. The fraction of sp³-hybridized carbons (Fsp3) is 0.190. The lowest BCUT2D eigenvalue weighted by Gasteiger charge is -2.13. The van der Waals surface area contributed by atoms with Crippen molar-refractivity contribution in [3.8, 4) is 11.4 Å². The first-order valence-electron chi connectivity index (χ1n) is 8.82. The van der Waals surface area contributed by atoms with E-state index in [0.717, 1.165) is 17.0 Å². The van der Waals surface area contributed by atoms with Gasteiger partial charge >= 0.3 is 0 Å². The lowest BCUT2D eigenvalue weighted by atomic mass is 10.1. The zero-order valence-corrected chi connectivity index (χ0v) is 17.3. The Labute approximate surface area is 173 Å². The van der Waals surface area contributed by atoms with Crippen LogP contribution in [0.15, 0.2) is 66.3 Å². The maximum atomic E-state index is 12.6. The number of carbonyl (C=O) groups excluding carboxylic acids is 1. The highest BCUT2D eigenvalue weighted by Crippen LogP contribution is 2.28. The van der Waals surface area contributed by atoms with Gasteiger partial charge in [0, 0.05) is 22.8 Å². The molecular weight excluding hydrogens is 392 g/mol. The fourth-order valence-corrected chi connectivity index (χ4v) is 3.74. The number of anilines is 1. The standard InChI is InChI=1S/C21H21ClN4OS/c1-4-11-26-19(16-8-5-7-14(2)12-16)24-25-21(26)28-15(3)20(27)23-18-10-6-9-17(22)13-18/h4-10,12-13,15H,1,11H2,2-3H3,(H,23,27). The number of nitrogens with one attached hydrogen (secondary N) is 1. The van der Waals surface area contributed by atoms with E-state index in [4.69, 9.17) is 11.6 Å². The molecule has 0 aliphatic rings. The zero-order chi connectivity index (χ0) is 20.1. The molecule has 0 spiro atoms. The summed E-state index contributed by atoms with van der Waals surface area (Å²) in [6.07, 6.45) is 1.80. The van der Waals surface area contributed by atoms with Crippen LogP contribution < -0.4 is 5.32 Å². The van der Waals surface area contributed by atoms with E-state index in [0.29, 0.717) is 22.4 Å². The van der Waals surface area contributed by atoms with Crippen LogP contribution in [0.4, 0.5) is 5.69 Å². The summed E-state index contributed by atoms with van der Waals surface area (Å²) in [6, 6.07) is 15.2. The highest BCUT2D eigenvalue weighted by molar-refractivity contribution is 8.00. The van der Waals surface area contributed by atoms with E-state index in [1.807, 2.05) is 36.6 Å². The second kappa shape index (κ2) is 9.08. The summed E-state index contributed by atoms with van der Waals surface area (Å²) < 4.78 is 1.97. The predicted molar refractivity (Wildman–Crippen MR) is 116 cm³/mol. The Balaban J connectivity index is 1.79. The van der Waals surface area contributed by atoms with Gasteiger partial charge in [0.1, 0.15) is 0 Å². The number of hydrogen-bond acceptors (Lipinski definition) is 4. The minimum Gasteiger partial charge on any atom is -0.325 e. The van der Waals surface area contributed by atoms with E-state index < -0.39 is 0 Å². The molecule has 0 radical (unpaired) electrons. The SMILES string of the molecule is C=CCn1c(SC(C)C(=O)Nc2cccc(Cl)c2)nnc1-c1cccc(C)c1. The van der Waals surface area contributed by atoms with Crippen LogP contribution in [0.3, 0.4) is 0 Å². The van der Waals surface area contributed by atoms with Crippen LogP contribution in [0, 0.1) is 6.92 Å². The molecular formula is C21H21ClN4OS. The Hall–Kier alpha value is -2.57. The molecule has 1 atom stereocenters. The van der Waals surface area contributed by atoms with E-state index in [2.05, 4.69) is 28.2 Å². The summed E-state index contributed by atoms with van der Waals surface area (Å²) in [7, 11) is 0. The van der Waals surface area contributed by atoms with Gasteiger partial charge in [-0.15, -0.1) is 16.8 Å². The molecule has 3 rings (SSSR count). The smallest absolute Gasteiger partial charge is 0.237 e.